The van der Waals surface area contributed by atoms with Crippen LogP contribution in [0, 0.1) is 6.92 Å². The van der Waals surface area contributed by atoms with Gasteiger partial charge in [-0.3, -0.25) is 0 Å². The Balaban J connectivity index is 1.48. The van der Waals surface area contributed by atoms with Crippen molar-refractivity contribution in [2.24, 2.45) is 0 Å². The summed E-state index contributed by atoms with van der Waals surface area (Å²) in [6, 6.07) is 36.4. The highest BCUT2D eigenvalue weighted by molar-refractivity contribution is 6.89. The summed E-state index contributed by atoms with van der Waals surface area (Å²) in [6.07, 6.45) is 7.75. The first-order chi connectivity index (χ1) is 20.3. The fraction of sp³-hybridized carbons (Fsp3) is 0.231. The molecule has 7 rings (SSSR count). The Bertz CT molecular complexity index is 1830. The summed E-state index contributed by atoms with van der Waals surface area (Å²) in [7, 11) is -1.68. The van der Waals surface area contributed by atoms with Crippen LogP contribution in [0.15, 0.2) is 116 Å². The number of benzene rings is 3. The molecule has 208 valence electrons. The van der Waals surface area contributed by atoms with Gasteiger partial charge in [0.05, 0.1) is 20.1 Å². The Labute approximate surface area is 251 Å². The van der Waals surface area contributed by atoms with Crippen molar-refractivity contribution in [2.45, 2.75) is 57.8 Å². The van der Waals surface area contributed by atoms with Gasteiger partial charge in [-0.25, -0.2) is 0 Å². The quantitative estimate of drug-likeness (QED) is 0.151. The zero-order valence-electron chi connectivity index (χ0n) is 25.3. The van der Waals surface area contributed by atoms with Crippen LogP contribution in [0.25, 0.3) is 39.3 Å². The van der Waals surface area contributed by atoms with Crippen LogP contribution in [0.3, 0.4) is 0 Å². The van der Waals surface area contributed by atoms with E-state index in [1.165, 1.54) is 55.5 Å². The molecule has 5 aromatic rings. The Hall–Kier alpha value is -4.08. The third-order valence-electron chi connectivity index (χ3n) is 9.45. The molecule has 0 radical (unpaired) electrons. The molecule has 0 fully saturated rings. The molecule has 2 aliphatic heterocycles. The second-order valence-corrected chi connectivity index (χ2v) is 18.2. The number of fused-ring (bicyclic) bond motifs is 9. The first kappa shape index (κ1) is 26.8. The maximum Gasteiger partial charge on any atom is 0.218 e. The van der Waals surface area contributed by atoms with Crippen molar-refractivity contribution in [1.29, 1.82) is 0 Å². The Kier molecular flexibility index (Phi) is 6.59. The lowest BCUT2D eigenvalue weighted by Crippen LogP contribution is -2.50. The fourth-order valence-corrected chi connectivity index (χ4v) is 9.01. The van der Waals surface area contributed by atoms with Gasteiger partial charge < -0.3 is 0 Å². The summed E-state index contributed by atoms with van der Waals surface area (Å²) in [5.41, 5.74) is 13.3. The summed E-state index contributed by atoms with van der Waals surface area (Å²) in [6.45, 7) is 14.5. The molecule has 2 aromatic heterocycles. The Morgan fingerprint density at radius 1 is 0.786 bits per heavy atom. The Morgan fingerprint density at radius 3 is 2.29 bits per heavy atom. The molecule has 42 heavy (non-hydrogen) atoms. The van der Waals surface area contributed by atoms with Gasteiger partial charge in [0.1, 0.15) is 0 Å². The third kappa shape index (κ3) is 4.48. The van der Waals surface area contributed by atoms with Gasteiger partial charge in [0.25, 0.3) is 0 Å². The van der Waals surface area contributed by atoms with Crippen molar-refractivity contribution < 1.29 is 9.13 Å². The smallest absolute Gasteiger partial charge is 0.194 e. The van der Waals surface area contributed by atoms with Gasteiger partial charge in [-0.15, -0.1) is 0 Å². The van der Waals surface area contributed by atoms with E-state index in [0.29, 0.717) is 12.0 Å². The normalized spacial score (nSPS) is 17.8. The van der Waals surface area contributed by atoms with E-state index >= 15 is 0 Å². The molecule has 0 spiro atoms. The number of allylic oxidation sites excluding steroid dienone is 1. The lowest BCUT2D eigenvalue weighted by Gasteiger charge is -2.32. The summed E-state index contributed by atoms with van der Waals surface area (Å²) in [4.78, 5) is 0. The van der Waals surface area contributed by atoms with Crippen LogP contribution in [0.2, 0.25) is 19.6 Å². The molecule has 2 aliphatic rings. The minimum atomic E-state index is -1.68. The van der Waals surface area contributed by atoms with Gasteiger partial charge >= 0.3 is 0 Å². The first-order valence-corrected chi connectivity index (χ1v) is 18.8. The van der Waals surface area contributed by atoms with Crippen LogP contribution in [-0.2, 0) is 6.42 Å². The van der Waals surface area contributed by atoms with E-state index in [1.54, 1.807) is 0 Å². The largest absolute Gasteiger partial charge is 0.218 e. The fourth-order valence-electron chi connectivity index (χ4n) is 7.42. The molecular formula is C39H40N2Si+2. The summed E-state index contributed by atoms with van der Waals surface area (Å²) >= 11 is 0. The number of aromatic nitrogens is 2. The summed E-state index contributed by atoms with van der Waals surface area (Å²) in [5.74, 6) is 0.405. The SMILES string of the molecule is C=C1CC2C(CCc3ccccc3-c3cc([Si](C)(C)C)c(-c4ccccc4)c[n+]31)c1ccccc1-c1c(C)ccc[n+]12. The maximum atomic E-state index is 4.83. The molecule has 3 aromatic carbocycles. The van der Waals surface area contributed by atoms with Gasteiger partial charge in [-0.1, -0.05) is 86.4 Å². The van der Waals surface area contributed by atoms with Crippen molar-refractivity contribution in [3.63, 3.8) is 0 Å². The van der Waals surface area contributed by atoms with Crippen molar-refractivity contribution in [1.82, 2.24) is 0 Å². The van der Waals surface area contributed by atoms with E-state index in [4.69, 9.17) is 6.58 Å². The van der Waals surface area contributed by atoms with Gasteiger partial charge in [-0.2, -0.15) is 9.13 Å². The zero-order chi connectivity index (χ0) is 29.0. The molecule has 0 saturated heterocycles. The predicted molar refractivity (Wildman–Crippen MR) is 177 cm³/mol. The molecule has 4 heterocycles. The molecule has 0 bridgehead atoms. The van der Waals surface area contributed by atoms with Gasteiger partial charge in [0.2, 0.25) is 11.4 Å². The molecule has 2 nitrogen and oxygen atoms in total. The summed E-state index contributed by atoms with van der Waals surface area (Å²) < 4.78 is 5.00. The van der Waals surface area contributed by atoms with Crippen molar-refractivity contribution in [3.05, 3.63) is 133 Å². The zero-order valence-corrected chi connectivity index (χ0v) is 26.3. The first-order valence-electron chi connectivity index (χ1n) is 15.3. The number of rotatable bonds is 2. The van der Waals surface area contributed by atoms with Crippen LogP contribution in [0.1, 0.15) is 41.5 Å². The number of nitrogens with zero attached hydrogens (tertiary/aromatic N) is 2. The van der Waals surface area contributed by atoms with Crippen LogP contribution in [0.5, 0.6) is 0 Å². The van der Waals surface area contributed by atoms with E-state index in [2.05, 4.69) is 145 Å². The molecule has 2 atom stereocenters. The maximum absolute atomic E-state index is 4.83. The average molecular weight is 565 g/mol. The highest BCUT2D eigenvalue weighted by atomic mass is 28.3. The lowest BCUT2D eigenvalue weighted by atomic mass is 9.77. The third-order valence-corrected chi connectivity index (χ3v) is 11.5. The van der Waals surface area contributed by atoms with Crippen LogP contribution >= 0.6 is 0 Å². The van der Waals surface area contributed by atoms with Gasteiger partial charge in [0, 0.05) is 34.7 Å². The Morgan fingerprint density at radius 2 is 1.50 bits per heavy atom. The van der Waals surface area contributed by atoms with E-state index in [9.17, 15) is 0 Å². The van der Waals surface area contributed by atoms with Crippen molar-refractivity contribution in [2.75, 3.05) is 0 Å². The average Bonchev–Trinajstić information content (AvgIpc) is 3.00. The standard InChI is InChI=1S/C39H40N2Si/c1-27-14-13-23-40-36-24-28(2)41-26-35(29-15-7-6-8-16-29)38(42(3,4)5)25-37(41)31-18-10-9-17-30(31)21-22-33(36)32-19-11-12-20-34(32)39(27)40/h6-20,23,25-26,33,36H,2,21-22,24H2,1,3-5H3/q+2. The molecule has 0 amide bonds. The van der Waals surface area contributed by atoms with Crippen molar-refractivity contribution >= 4 is 19.0 Å². The highest BCUT2D eigenvalue weighted by Crippen LogP contribution is 2.44. The molecule has 0 N–H and O–H groups in total. The van der Waals surface area contributed by atoms with Gasteiger partial charge in [0.15, 0.2) is 24.1 Å². The predicted octanol–water partition coefficient (Wildman–Crippen LogP) is 8.26. The lowest BCUT2D eigenvalue weighted by molar-refractivity contribution is -0.720. The van der Waals surface area contributed by atoms with Gasteiger partial charge in [-0.05, 0) is 66.4 Å². The monoisotopic (exact) mass is 564 g/mol. The number of hydrogen-bond acceptors (Lipinski definition) is 0. The number of aryl methyl sites for hydroxylation is 2. The van der Waals surface area contributed by atoms with E-state index in [-0.39, 0.29) is 0 Å². The topological polar surface area (TPSA) is 7.76 Å². The molecule has 3 heteroatoms. The number of pyridine rings is 2. The molecule has 2 unspecified atom stereocenters. The van der Waals surface area contributed by atoms with E-state index in [0.717, 1.165) is 25.0 Å². The minimum absolute atomic E-state index is 0.296. The highest BCUT2D eigenvalue weighted by Gasteiger charge is 2.43. The number of hydrogen-bond donors (Lipinski definition) is 0. The van der Waals surface area contributed by atoms with Crippen LogP contribution in [0.4, 0.5) is 0 Å². The molecule has 0 saturated carbocycles. The molecular weight excluding hydrogens is 525 g/mol. The second kappa shape index (κ2) is 10.3. The van der Waals surface area contributed by atoms with E-state index < -0.39 is 8.07 Å². The second-order valence-electron chi connectivity index (χ2n) is 13.1. The summed E-state index contributed by atoms with van der Waals surface area (Å²) in [5, 5.41) is 1.50. The molecule has 0 aliphatic carbocycles. The minimum Gasteiger partial charge on any atom is -0.194 e. The van der Waals surface area contributed by atoms with Crippen molar-refractivity contribution in [3.8, 4) is 33.6 Å². The van der Waals surface area contributed by atoms with Crippen LogP contribution < -0.4 is 14.3 Å². The van der Waals surface area contributed by atoms with E-state index in [1.807, 2.05) is 0 Å². The van der Waals surface area contributed by atoms with Crippen LogP contribution in [-0.4, -0.2) is 8.07 Å².